The highest BCUT2D eigenvalue weighted by Crippen LogP contribution is 1.95. The predicted molar refractivity (Wildman–Crippen MR) is 58.4 cm³/mol. The van der Waals surface area contributed by atoms with Crippen LogP contribution < -0.4 is 11.1 Å². The van der Waals surface area contributed by atoms with Crippen molar-refractivity contribution in [2.24, 2.45) is 16.8 Å². The van der Waals surface area contributed by atoms with E-state index in [1.807, 2.05) is 18.7 Å². The van der Waals surface area contributed by atoms with Crippen molar-refractivity contribution in [2.75, 3.05) is 25.1 Å². The van der Waals surface area contributed by atoms with Gasteiger partial charge in [0.2, 0.25) is 0 Å². The van der Waals surface area contributed by atoms with Crippen LogP contribution in [0.4, 0.5) is 0 Å². The van der Waals surface area contributed by atoms with Crippen LogP contribution in [-0.2, 0) is 0 Å². The molecule has 0 aliphatic heterocycles. The molecule has 5 heteroatoms. The van der Waals surface area contributed by atoms with Crippen LogP contribution in [0, 0.1) is 5.92 Å². The van der Waals surface area contributed by atoms with Crippen LogP contribution in [0.25, 0.3) is 0 Å². The van der Waals surface area contributed by atoms with Crippen LogP contribution in [0.5, 0.6) is 0 Å². The second-order valence-electron chi connectivity index (χ2n) is 2.98. The second kappa shape index (κ2) is 8.19. The van der Waals surface area contributed by atoms with Crippen molar-refractivity contribution in [3.8, 4) is 0 Å². The standard InChI is InChI=1S/C8H19N3OS/c1-7(8(9)11-12)6-10-4-3-5-13-2/h7,10,12H,3-6H2,1-2H3,(H2,9,11). The number of nitrogens with two attached hydrogens (primary N) is 1. The SMILES string of the molecule is CSCCCNCC(C)C(N)=NO. The van der Waals surface area contributed by atoms with Gasteiger partial charge in [0.1, 0.15) is 5.84 Å². The maximum absolute atomic E-state index is 8.38. The smallest absolute Gasteiger partial charge is 0.143 e. The number of nitrogens with one attached hydrogen (secondary N) is 1. The molecule has 0 radical (unpaired) electrons. The minimum Gasteiger partial charge on any atom is -0.409 e. The van der Waals surface area contributed by atoms with E-state index in [9.17, 15) is 0 Å². The number of oxime groups is 1. The van der Waals surface area contributed by atoms with Crippen LogP contribution in [0.3, 0.4) is 0 Å². The molecule has 1 atom stereocenters. The third-order valence-electron chi connectivity index (χ3n) is 1.77. The molecule has 0 spiro atoms. The third-order valence-corrected chi connectivity index (χ3v) is 2.47. The van der Waals surface area contributed by atoms with E-state index in [0.29, 0.717) is 0 Å². The van der Waals surface area contributed by atoms with Crippen molar-refractivity contribution in [2.45, 2.75) is 13.3 Å². The lowest BCUT2D eigenvalue weighted by Gasteiger charge is -2.10. The van der Waals surface area contributed by atoms with E-state index in [-0.39, 0.29) is 11.8 Å². The maximum atomic E-state index is 8.38. The zero-order valence-corrected chi connectivity index (χ0v) is 9.10. The average molecular weight is 205 g/mol. The summed E-state index contributed by atoms with van der Waals surface area (Å²) >= 11 is 1.84. The first-order valence-electron chi connectivity index (χ1n) is 4.39. The molecule has 0 amide bonds. The van der Waals surface area contributed by atoms with Gasteiger partial charge < -0.3 is 16.3 Å². The van der Waals surface area contributed by atoms with Gasteiger partial charge in [-0.05, 0) is 25.0 Å². The summed E-state index contributed by atoms with van der Waals surface area (Å²) in [7, 11) is 0. The number of hydrogen-bond donors (Lipinski definition) is 3. The second-order valence-corrected chi connectivity index (χ2v) is 3.96. The molecule has 13 heavy (non-hydrogen) atoms. The summed E-state index contributed by atoms with van der Waals surface area (Å²) in [6, 6.07) is 0. The molecule has 78 valence electrons. The Bertz CT molecular complexity index is 152. The van der Waals surface area contributed by atoms with Gasteiger partial charge >= 0.3 is 0 Å². The Hall–Kier alpha value is -0.420. The number of rotatable bonds is 7. The predicted octanol–water partition coefficient (Wildman–Crippen LogP) is 0.712. The summed E-state index contributed by atoms with van der Waals surface area (Å²) in [5.74, 6) is 1.56. The fraction of sp³-hybridized carbons (Fsp3) is 0.875. The summed E-state index contributed by atoms with van der Waals surface area (Å²) in [5, 5.41) is 14.6. The van der Waals surface area contributed by atoms with Crippen molar-refractivity contribution < 1.29 is 5.21 Å². The maximum Gasteiger partial charge on any atom is 0.143 e. The first-order valence-corrected chi connectivity index (χ1v) is 5.78. The molecule has 0 aromatic rings. The lowest BCUT2D eigenvalue weighted by molar-refractivity contribution is 0.314. The number of amidine groups is 1. The van der Waals surface area contributed by atoms with Crippen molar-refractivity contribution >= 4 is 17.6 Å². The molecule has 4 nitrogen and oxygen atoms in total. The molecule has 0 aliphatic rings. The largest absolute Gasteiger partial charge is 0.409 e. The van der Waals surface area contributed by atoms with Gasteiger partial charge in [-0.2, -0.15) is 11.8 Å². The summed E-state index contributed by atoms with van der Waals surface area (Å²) < 4.78 is 0. The Morgan fingerprint density at radius 1 is 1.69 bits per heavy atom. The fourth-order valence-corrected chi connectivity index (χ4v) is 1.30. The van der Waals surface area contributed by atoms with Gasteiger partial charge in [0.15, 0.2) is 0 Å². The Morgan fingerprint density at radius 2 is 2.38 bits per heavy atom. The minimum absolute atomic E-state index is 0.0966. The molecule has 4 N–H and O–H groups in total. The van der Waals surface area contributed by atoms with Crippen LogP contribution in [-0.4, -0.2) is 36.1 Å². The molecule has 0 saturated heterocycles. The molecule has 0 aromatic heterocycles. The first kappa shape index (κ1) is 12.6. The van der Waals surface area contributed by atoms with Crippen molar-refractivity contribution in [1.29, 1.82) is 0 Å². The fourth-order valence-electron chi connectivity index (χ4n) is 0.863. The number of nitrogens with zero attached hydrogens (tertiary/aromatic N) is 1. The van der Waals surface area contributed by atoms with Gasteiger partial charge in [-0.3, -0.25) is 0 Å². The lowest BCUT2D eigenvalue weighted by atomic mass is 10.1. The van der Waals surface area contributed by atoms with Gasteiger partial charge in [-0.15, -0.1) is 0 Å². The minimum atomic E-state index is 0.0966. The Labute approximate surface area is 84.0 Å². The van der Waals surface area contributed by atoms with E-state index in [4.69, 9.17) is 10.9 Å². The molecule has 0 saturated carbocycles. The van der Waals surface area contributed by atoms with E-state index in [2.05, 4.69) is 16.7 Å². The van der Waals surface area contributed by atoms with Crippen molar-refractivity contribution in [3.63, 3.8) is 0 Å². The Balaban J connectivity index is 3.32. The van der Waals surface area contributed by atoms with E-state index >= 15 is 0 Å². The normalized spacial score (nSPS) is 14.5. The molecule has 0 aromatic carbocycles. The highest BCUT2D eigenvalue weighted by atomic mass is 32.2. The Kier molecular flexibility index (Phi) is 7.93. The van der Waals surface area contributed by atoms with Crippen LogP contribution >= 0.6 is 11.8 Å². The summed E-state index contributed by atoms with van der Waals surface area (Å²) in [5.41, 5.74) is 5.41. The summed E-state index contributed by atoms with van der Waals surface area (Å²) in [6.45, 7) is 3.69. The highest BCUT2D eigenvalue weighted by Gasteiger charge is 2.05. The zero-order chi connectivity index (χ0) is 10.1. The number of hydrogen-bond acceptors (Lipinski definition) is 4. The molecule has 0 rings (SSSR count). The topological polar surface area (TPSA) is 70.6 Å². The quantitative estimate of drug-likeness (QED) is 0.188. The molecule has 0 bridgehead atoms. The van der Waals surface area contributed by atoms with Gasteiger partial charge in [0.05, 0.1) is 0 Å². The van der Waals surface area contributed by atoms with Crippen LogP contribution in [0.2, 0.25) is 0 Å². The van der Waals surface area contributed by atoms with Gasteiger partial charge in [0.25, 0.3) is 0 Å². The molecule has 1 unspecified atom stereocenters. The van der Waals surface area contributed by atoms with Gasteiger partial charge in [-0.25, -0.2) is 0 Å². The van der Waals surface area contributed by atoms with Crippen LogP contribution in [0.15, 0.2) is 5.16 Å². The monoisotopic (exact) mass is 205 g/mol. The average Bonchev–Trinajstić information content (AvgIpc) is 2.16. The zero-order valence-electron chi connectivity index (χ0n) is 8.29. The summed E-state index contributed by atoms with van der Waals surface area (Å²) in [4.78, 5) is 0. The highest BCUT2D eigenvalue weighted by molar-refractivity contribution is 7.98. The summed E-state index contributed by atoms with van der Waals surface area (Å²) in [6.07, 6.45) is 3.25. The molecule has 0 fully saturated rings. The first-order chi connectivity index (χ1) is 6.22. The van der Waals surface area contributed by atoms with Crippen molar-refractivity contribution in [1.82, 2.24) is 5.32 Å². The number of thioether (sulfide) groups is 1. The third kappa shape index (κ3) is 6.72. The van der Waals surface area contributed by atoms with E-state index in [1.54, 1.807) is 0 Å². The Morgan fingerprint density at radius 3 is 2.92 bits per heavy atom. The molecule has 0 heterocycles. The van der Waals surface area contributed by atoms with Crippen LogP contribution in [0.1, 0.15) is 13.3 Å². The van der Waals surface area contributed by atoms with E-state index < -0.39 is 0 Å². The van der Waals surface area contributed by atoms with Crippen molar-refractivity contribution in [3.05, 3.63) is 0 Å². The molecule has 0 aliphatic carbocycles. The van der Waals surface area contributed by atoms with Gasteiger partial charge in [0, 0.05) is 12.5 Å². The van der Waals surface area contributed by atoms with Gasteiger partial charge in [-0.1, -0.05) is 12.1 Å². The van der Waals surface area contributed by atoms with E-state index in [0.717, 1.165) is 19.5 Å². The lowest BCUT2D eigenvalue weighted by Crippen LogP contribution is -2.31. The molecular formula is C8H19N3OS. The molecular weight excluding hydrogens is 186 g/mol. The van der Waals surface area contributed by atoms with E-state index in [1.165, 1.54) is 5.75 Å².